The first-order chi connectivity index (χ1) is 13.8. The number of hydrogen-bond donors (Lipinski definition) is 1. The molecular weight excluding hydrogens is 438 g/mol. The molecule has 0 spiro atoms. The Balaban J connectivity index is 1.67. The van der Waals surface area contributed by atoms with Gasteiger partial charge in [0.05, 0.1) is 23.1 Å². The van der Waals surface area contributed by atoms with Crippen LogP contribution < -0.4 is 5.43 Å². The fraction of sp³-hybridized carbons (Fsp3) is 0.143. The summed E-state index contributed by atoms with van der Waals surface area (Å²) < 4.78 is 6.22. The third-order valence-electron chi connectivity index (χ3n) is 4.29. The van der Waals surface area contributed by atoms with Crippen LogP contribution in [0.4, 0.5) is 5.69 Å². The summed E-state index contributed by atoms with van der Waals surface area (Å²) in [4.78, 5) is 22.9. The van der Waals surface area contributed by atoms with Crippen LogP contribution in [0.5, 0.6) is 0 Å². The van der Waals surface area contributed by atoms with Crippen molar-refractivity contribution in [3.05, 3.63) is 85.6 Å². The Hall–Kier alpha value is -3.26. The molecule has 1 heterocycles. The lowest BCUT2D eigenvalue weighted by molar-refractivity contribution is -0.384. The summed E-state index contributed by atoms with van der Waals surface area (Å²) in [7, 11) is 0. The molecule has 0 atom stereocenters. The Morgan fingerprint density at radius 3 is 2.76 bits per heavy atom. The molecule has 0 aliphatic heterocycles. The maximum atomic E-state index is 12.1. The zero-order valence-corrected chi connectivity index (χ0v) is 17.4. The quantitative estimate of drug-likeness (QED) is 0.323. The number of nitrogens with one attached hydrogen (secondary N) is 1. The molecule has 1 N–H and O–H groups in total. The van der Waals surface area contributed by atoms with E-state index in [0.29, 0.717) is 21.6 Å². The predicted molar refractivity (Wildman–Crippen MR) is 114 cm³/mol. The van der Waals surface area contributed by atoms with E-state index in [1.165, 1.54) is 12.3 Å². The minimum Gasteiger partial charge on any atom is -0.455 e. The van der Waals surface area contributed by atoms with Gasteiger partial charge in [0.1, 0.15) is 11.5 Å². The fourth-order valence-electron chi connectivity index (χ4n) is 2.80. The molecule has 1 aromatic heterocycles. The van der Waals surface area contributed by atoms with Crippen LogP contribution >= 0.6 is 15.9 Å². The van der Waals surface area contributed by atoms with Gasteiger partial charge in [0, 0.05) is 10.5 Å². The lowest BCUT2D eigenvalue weighted by atomic mass is 10.0. The van der Waals surface area contributed by atoms with Crippen molar-refractivity contribution in [1.82, 2.24) is 5.43 Å². The van der Waals surface area contributed by atoms with Crippen LogP contribution in [0.3, 0.4) is 0 Å². The molecule has 0 aliphatic rings. The van der Waals surface area contributed by atoms with Crippen molar-refractivity contribution in [2.75, 3.05) is 0 Å². The lowest BCUT2D eigenvalue weighted by Gasteiger charge is -2.05. The fourth-order valence-corrected chi connectivity index (χ4v) is 3.15. The Labute approximate surface area is 175 Å². The highest BCUT2D eigenvalue weighted by molar-refractivity contribution is 9.10. The van der Waals surface area contributed by atoms with E-state index in [2.05, 4.69) is 26.5 Å². The van der Waals surface area contributed by atoms with Crippen LogP contribution in [0.15, 0.2) is 62.5 Å². The second kappa shape index (κ2) is 8.83. The normalized spacial score (nSPS) is 11.0. The molecule has 3 aromatic rings. The summed E-state index contributed by atoms with van der Waals surface area (Å²) in [5.74, 6) is 0.460. The van der Waals surface area contributed by atoms with Crippen molar-refractivity contribution in [3.63, 3.8) is 0 Å². The topological polar surface area (TPSA) is 97.7 Å². The molecule has 0 radical (unpaired) electrons. The number of hydrogen-bond acceptors (Lipinski definition) is 5. The van der Waals surface area contributed by atoms with E-state index in [0.717, 1.165) is 16.7 Å². The SMILES string of the molecule is Cc1ccc(C)c(CC(=O)N/N=C\c2ccc(-c3ccc(Br)cc3[N+](=O)[O-])o2)c1. The zero-order valence-electron chi connectivity index (χ0n) is 15.8. The summed E-state index contributed by atoms with van der Waals surface area (Å²) in [6.07, 6.45) is 1.58. The molecule has 8 heteroatoms. The van der Waals surface area contributed by atoms with Crippen molar-refractivity contribution in [3.8, 4) is 11.3 Å². The van der Waals surface area contributed by atoms with Crippen LogP contribution in [0.2, 0.25) is 0 Å². The molecule has 0 bridgehead atoms. The molecule has 3 rings (SSSR count). The number of benzene rings is 2. The number of amides is 1. The number of aryl methyl sites for hydroxylation is 2. The van der Waals surface area contributed by atoms with E-state index in [4.69, 9.17) is 4.42 Å². The van der Waals surface area contributed by atoms with Crippen LogP contribution in [-0.4, -0.2) is 17.0 Å². The standard InChI is InChI=1S/C21H18BrN3O4/c1-13-3-4-14(2)15(9-13)10-21(26)24-23-12-17-6-8-20(29-17)18-7-5-16(22)11-19(18)25(27)28/h3-9,11-12H,10H2,1-2H3,(H,24,26)/b23-12-. The van der Waals surface area contributed by atoms with E-state index in [9.17, 15) is 14.9 Å². The van der Waals surface area contributed by atoms with Gasteiger partial charge in [0.25, 0.3) is 5.69 Å². The maximum absolute atomic E-state index is 12.1. The number of carbonyl (C=O) groups excluding carboxylic acids is 1. The number of nitro benzene ring substituents is 1. The summed E-state index contributed by atoms with van der Waals surface area (Å²) >= 11 is 3.23. The summed E-state index contributed by atoms with van der Waals surface area (Å²) in [5.41, 5.74) is 5.83. The third kappa shape index (κ3) is 5.17. The van der Waals surface area contributed by atoms with Gasteiger partial charge in [-0.05, 0) is 49.2 Å². The molecular formula is C21H18BrN3O4. The van der Waals surface area contributed by atoms with Gasteiger partial charge in [-0.1, -0.05) is 39.7 Å². The number of nitrogens with zero attached hydrogens (tertiary/aromatic N) is 2. The number of carbonyl (C=O) groups is 1. The minimum absolute atomic E-state index is 0.0703. The van der Waals surface area contributed by atoms with Gasteiger partial charge in [-0.25, -0.2) is 5.43 Å². The van der Waals surface area contributed by atoms with E-state index < -0.39 is 4.92 Å². The number of rotatable bonds is 6. The average molecular weight is 456 g/mol. The molecule has 29 heavy (non-hydrogen) atoms. The van der Waals surface area contributed by atoms with E-state index in [-0.39, 0.29) is 18.0 Å². The van der Waals surface area contributed by atoms with Crippen LogP contribution in [0, 0.1) is 24.0 Å². The van der Waals surface area contributed by atoms with Crippen molar-refractivity contribution >= 4 is 33.7 Å². The maximum Gasteiger partial charge on any atom is 0.281 e. The van der Waals surface area contributed by atoms with Crippen LogP contribution in [0.1, 0.15) is 22.5 Å². The molecule has 0 fully saturated rings. The molecule has 0 saturated carbocycles. The van der Waals surface area contributed by atoms with Gasteiger partial charge in [-0.15, -0.1) is 0 Å². The van der Waals surface area contributed by atoms with Gasteiger partial charge < -0.3 is 4.42 Å². The number of halogens is 1. The summed E-state index contributed by atoms with van der Waals surface area (Å²) in [6, 6.07) is 13.9. The zero-order chi connectivity index (χ0) is 21.0. The Morgan fingerprint density at radius 1 is 1.21 bits per heavy atom. The first kappa shape index (κ1) is 20.5. The van der Waals surface area contributed by atoms with Crippen molar-refractivity contribution < 1.29 is 14.1 Å². The molecule has 148 valence electrons. The Morgan fingerprint density at radius 2 is 2.00 bits per heavy atom. The molecule has 2 aromatic carbocycles. The first-order valence-electron chi connectivity index (χ1n) is 8.75. The second-order valence-electron chi connectivity index (χ2n) is 6.52. The number of hydrazone groups is 1. The minimum atomic E-state index is -0.468. The van der Waals surface area contributed by atoms with Gasteiger partial charge in [-0.3, -0.25) is 14.9 Å². The average Bonchev–Trinajstić information content (AvgIpc) is 3.13. The summed E-state index contributed by atoms with van der Waals surface area (Å²) in [5, 5.41) is 15.2. The molecule has 1 amide bonds. The van der Waals surface area contributed by atoms with Crippen LogP contribution in [0.25, 0.3) is 11.3 Å². The monoisotopic (exact) mass is 455 g/mol. The van der Waals surface area contributed by atoms with Gasteiger partial charge in [0.2, 0.25) is 5.91 Å². The van der Waals surface area contributed by atoms with Crippen molar-refractivity contribution in [2.24, 2.45) is 5.10 Å². The molecule has 7 nitrogen and oxygen atoms in total. The largest absolute Gasteiger partial charge is 0.455 e. The molecule has 0 saturated heterocycles. The highest BCUT2D eigenvalue weighted by atomic mass is 79.9. The highest BCUT2D eigenvalue weighted by Gasteiger charge is 2.18. The summed E-state index contributed by atoms with van der Waals surface area (Å²) in [6.45, 7) is 3.93. The number of furan rings is 1. The van der Waals surface area contributed by atoms with Crippen LogP contribution in [-0.2, 0) is 11.2 Å². The van der Waals surface area contributed by atoms with Gasteiger partial charge >= 0.3 is 0 Å². The Kier molecular flexibility index (Phi) is 6.23. The predicted octanol–water partition coefficient (Wildman–Crippen LogP) is 4.93. The molecule has 0 unspecified atom stereocenters. The van der Waals surface area contributed by atoms with E-state index in [1.54, 1.807) is 24.3 Å². The smallest absolute Gasteiger partial charge is 0.281 e. The second-order valence-corrected chi connectivity index (χ2v) is 7.44. The van der Waals surface area contributed by atoms with E-state index >= 15 is 0 Å². The van der Waals surface area contributed by atoms with Gasteiger partial charge in [-0.2, -0.15) is 5.10 Å². The Bertz CT molecular complexity index is 1110. The van der Waals surface area contributed by atoms with Crippen molar-refractivity contribution in [1.29, 1.82) is 0 Å². The first-order valence-corrected chi connectivity index (χ1v) is 9.55. The molecule has 0 aliphatic carbocycles. The van der Waals surface area contributed by atoms with Gasteiger partial charge in [0.15, 0.2) is 0 Å². The van der Waals surface area contributed by atoms with E-state index in [1.807, 2.05) is 32.0 Å². The third-order valence-corrected chi connectivity index (χ3v) is 4.78. The highest BCUT2D eigenvalue weighted by Crippen LogP contribution is 2.33. The number of nitro groups is 1. The van der Waals surface area contributed by atoms with Crippen molar-refractivity contribution in [2.45, 2.75) is 20.3 Å². The lowest BCUT2D eigenvalue weighted by Crippen LogP contribution is -2.20.